The Morgan fingerprint density at radius 1 is 1.33 bits per heavy atom. The molecule has 1 aliphatic heterocycles. The van der Waals surface area contributed by atoms with Crippen molar-refractivity contribution < 1.29 is 13.2 Å². The molecule has 5 heteroatoms. The zero-order chi connectivity index (χ0) is 13.2. The van der Waals surface area contributed by atoms with Crippen LogP contribution < -0.4 is 10.2 Å². The number of benzene rings is 1. The van der Waals surface area contributed by atoms with Crippen molar-refractivity contribution in [3.8, 4) is 0 Å². The van der Waals surface area contributed by atoms with E-state index >= 15 is 0 Å². The van der Waals surface area contributed by atoms with Crippen LogP contribution >= 0.6 is 0 Å². The zero-order valence-electron chi connectivity index (χ0n) is 10.3. The van der Waals surface area contributed by atoms with Gasteiger partial charge in [-0.25, -0.2) is 0 Å². The van der Waals surface area contributed by atoms with Crippen molar-refractivity contribution in [1.82, 2.24) is 5.32 Å². The number of anilines is 1. The second-order valence-corrected chi connectivity index (χ2v) is 4.75. The molecule has 0 spiro atoms. The molecule has 2 rings (SSSR count). The normalized spacial score (nSPS) is 20.1. The molecular formula is C13H17F3N2. The lowest BCUT2D eigenvalue weighted by molar-refractivity contribution is -0.137. The third-order valence-corrected chi connectivity index (χ3v) is 3.32. The summed E-state index contributed by atoms with van der Waals surface area (Å²) in [5.74, 6) is 0.427. The van der Waals surface area contributed by atoms with Crippen LogP contribution in [-0.2, 0) is 6.18 Å². The third kappa shape index (κ3) is 2.96. The summed E-state index contributed by atoms with van der Waals surface area (Å²) in [6, 6.07) is 5.75. The molecule has 0 bridgehead atoms. The first kappa shape index (κ1) is 13.2. The molecule has 1 aliphatic rings. The van der Waals surface area contributed by atoms with E-state index in [-0.39, 0.29) is 5.69 Å². The zero-order valence-corrected chi connectivity index (χ0v) is 10.3. The molecule has 0 aliphatic carbocycles. The molecule has 1 saturated heterocycles. The Morgan fingerprint density at radius 2 is 2.06 bits per heavy atom. The molecule has 1 heterocycles. The molecule has 2 nitrogen and oxygen atoms in total. The van der Waals surface area contributed by atoms with Crippen LogP contribution in [0.4, 0.5) is 18.9 Å². The van der Waals surface area contributed by atoms with E-state index in [0.29, 0.717) is 12.5 Å². The Hall–Kier alpha value is -1.23. The monoisotopic (exact) mass is 258 g/mol. The fourth-order valence-electron chi connectivity index (χ4n) is 2.40. The Balaban J connectivity index is 2.16. The highest BCUT2D eigenvalue weighted by Crippen LogP contribution is 2.36. The van der Waals surface area contributed by atoms with Crippen molar-refractivity contribution in [2.75, 3.05) is 31.6 Å². The van der Waals surface area contributed by atoms with E-state index in [1.165, 1.54) is 12.1 Å². The van der Waals surface area contributed by atoms with Crippen LogP contribution in [0.1, 0.15) is 12.0 Å². The van der Waals surface area contributed by atoms with Gasteiger partial charge in [0.1, 0.15) is 0 Å². The highest BCUT2D eigenvalue weighted by atomic mass is 19.4. The van der Waals surface area contributed by atoms with E-state index in [1.54, 1.807) is 18.0 Å². The lowest BCUT2D eigenvalue weighted by Crippen LogP contribution is -2.28. The number of hydrogen-bond acceptors (Lipinski definition) is 2. The van der Waals surface area contributed by atoms with Crippen LogP contribution in [0.15, 0.2) is 24.3 Å². The molecule has 1 aromatic rings. The van der Waals surface area contributed by atoms with Crippen molar-refractivity contribution in [3.63, 3.8) is 0 Å². The Morgan fingerprint density at radius 3 is 2.67 bits per heavy atom. The van der Waals surface area contributed by atoms with Gasteiger partial charge in [-0.2, -0.15) is 13.2 Å². The summed E-state index contributed by atoms with van der Waals surface area (Å²) in [4.78, 5) is 1.71. The Labute approximate surface area is 105 Å². The maximum absolute atomic E-state index is 12.9. The van der Waals surface area contributed by atoms with E-state index in [9.17, 15) is 13.2 Å². The summed E-state index contributed by atoms with van der Waals surface area (Å²) in [6.07, 6.45) is -3.27. The summed E-state index contributed by atoms with van der Waals surface area (Å²) in [6.45, 7) is 2.50. The molecule has 0 aromatic heterocycles. The first-order chi connectivity index (χ1) is 8.48. The molecule has 18 heavy (non-hydrogen) atoms. The predicted molar refractivity (Wildman–Crippen MR) is 65.7 cm³/mol. The quantitative estimate of drug-likeness (QED) is 0.896. The van der Waals surface area contributed by atoms with Crippen LogP contribution in [0.2, 0.25) is 0 Å². The summed E-state index contributed by atoms with van der Waals surface area (Å²) >= 11 is 0. The van der Waals surface area contributed by atoms with Gasteiger partial charge < -0.3 is 10.2 Å². The molecule has 1 aromatic carbocycles. The van der Waals surface area contributed by atoms with Gasteiger partial charge in [0.25, 0.3) is 0 Å². The van der Waals surface area contributed by atoms with E-state index < -0.39 is 11.7 Å². The summed E-state index contributed by atoms with van der Waals surface area (Å²) in [5, 5.41) is 3.23. The lowest BCUT2D eigenvalue weighted by atomic mass is 10.1. The summed E-state index contributed by atoms with van der Waals surface area (Å²) in [7, 11) is 1.73. The number of rotatable bonds is 3. The van der Waals surface area contributed by atoms with Crippen LogP contribution in [-0.4, -0.2) is 26.7 Å². The van der Waals surface area contributed by atoms with Gasteiger partial charge in [0.05, 0.1) is 5.56 Å². The summed E-state index contributed by atoms with van der Waals surface area (Å²) < 4.78 is 38.6. The molecule has 1 unspecified atom stereocenters. The minimum atomic E-state index is -4.29. The third-order valence-electron chi connectivity index (χ3n) is 3.32. The van der Waals surface area contributed by atoms with Gasteiger partial charge in [-0.3, -0.25) is 0 Å². The number of halogens is 3. The van der Waals surface area contributed by atoms with Crippen LogP contribution in [0.5, 0.6) is 0 Å². The topological polar surface area (TPSA) is 15.3 Å². The van der Waals surface area contributed by atoms with E-state index in [1.807, 2.05) is 0 Å². The van der Waals surface area contributed by atoms with Crippen LogP contribution in [0, 0.1) is 5.92 Å². The minimum Gasteiger partial charge on any atom is -0.374 e. The Bertz CT molecular complexity index is 397. The van der Waals surface area contributed by atoms with Crippen molar-refractivity contribution in [3.05, 3.63) is 29.8 Å². The van der Waals surface area contributed by atoms with Gasteiger partial charge in [0, 0.05) is 19.3 Å². The number of nitrogens with one attached hydrogen (secondary N) is 1. The van der Waals surface area contributed by atoms with Gasteiger partial charge in [-0.05, 0) is 37.6 Å². The van der Waals surface area contributed by atoms with Gasteiger partial charge in [0.2, 0.25) is 0 Å². The highest BCUT2D eigenvalue weighted by Gasteiger charge is 2.34. The van der Waals surface area contributed by atoms with Gasteiger partial charge >= 0.3 is 6.18 Å². The molecule has 100 valence electrons. The molecule has 0 radical (unpaired) electrons. The van der Waals surface area contributed by atoms with Crippen molar-refractivity contribution >= 4 is 5.69 Å². The van der Waals surface area contributed by atoms with Crippen LogP contribution in [0.25, 0.3) is 0 Å². The Kier molecular flexibility index (Phi) is 3.80. The lowest BCUT2D eigenvalue weighted by Gasteiger charge is -2.25. The average molecular weight is 258 g/mol. The van der Waals surface area contributed by atoms with Gasteiger partial charge in [-0.15, -0.1) is 0 Å². The second-order valence-electron chi connectivity index (χ2n) is 4.75. The van der Waals surface area contributed by atoms with Gasteiger partial charge in [-0.1, -0.05) is 12.1 Å². The SMILES string of the molecule is CN(CC1CCNC1)c1ccccc1C(F)(F)F. The number of nitrogens with zero attached hydrogens (tertiary/aromatic N) is 1. The highest BCUT2D eigenvalue weighted by molar-refractivity contribution is 5.54. The second kappa shape index (κ2) is 5.18. The fourth-order valence-corrected chi connectivity index (χ4v) is 2.40. The molecule has 0 saturated carbocycles. The first-order valence-electron chi connectivity index (χ1n) is 6.06. The number of alkyl halides is 3. The van der Waals surface area contributed by atoms with E-state index in [2.05, 4.69) is 5.32 Å². The number of para-hydroxylation sites is 1. The molecule has 0 amide bonds. The molecule has 1 fully saturated rings. The largest absolute Gasteiger partial charge is 0.418 e. The van der Waals surface area contributed by atoms with Crippen LogP contribution in [0.3, 0.4) is 0 Å². The molecule has 1 N–H and O–H groups in total. The van der Waals surface area contributed by atoms with Crippen molar-refractivity contribution in [2.24, 2.45) is 5.92 Å². The summed E-state index contributed by atoms with van der Waals surface area (Å²) in [5.41, 5.74) is -0.296. The van der Waals surface area contributed by atoms with Crippen molar-refractivity contribution in [2.45, 2.75) is 12.6 Å². The van der Waals surface area contributed by atoms with Gasteiger partial charge in [0.15, 0.2) is 0 Å². The number of hydrogen-bond donors (Lipinski definition) is 1. The predicted octanol–water partition coefficient (Wildman–Crippen LogP) is 2.75. The standard InChI is InChI=1S/C13H17F3N2/c1-18(9-10-6-7-17-8-10)12-5-3-2-4-11(12)13(14,15)16/h2-5,10,17H,6-9H2,1H3. The smallest absolute Gasteiger partial charge is 0.374 e. The first-order valence-corrected chi connectivity index (χ1v) is 6.06. The van der Waals surface area contributed by atoms with E-state index in [4.69, 9.17) is 0 Å². The van der Waals surface area contributed by atoms with Crippen molar-refractivity contribution in [1.29, 1.82) is 0 Å². The van der Waals surface area contributed by atoms with E-state index in [0.717, 1.165) is 25.6 Å². The molecular weight excluding hydrogens is 241 g/mol. The molecule has 1 atom stereocenters. The fraction of sp³-hybridized carbons (Fsp3) is 0.538. The maximum atomic E-state index is 12.9. The average Bonchev–Trinajstić information content (AvgIpc) is 2.80. The minimum absolute atomic E-state index is 0.261. The maximum Gasteiger partial charge on any atom is 0.418 e.